The van der Waals surface area contributed by atoms with Gasteiger partial charge in [0.2, 0.25) is 5.89 Å². The van der Waals surface area contributed by atoms with Crippen LogP contribution >= 0.6 is 0 Å². The van der Waals surface area contributed by atoms with Gasteiger partial charge in [0.15, 0.2) is 0 Å². The summed E-state index contributed by atoms with van der Waals surface area (Å²) in [6, 6.07) is 9.62. The van der Waals surface area contributed by atoms with Crippen molar-refractivity contribution in [3.8, 4) is 0 Å². The van der Waals surface area contributed by atoms with Crippen molar-refractivity contribution in [1.29, 1.82) is 0 Å². The zero-order valence-corrected chi connectivity index (χ0v) is 8.13. The van der Waals surface area contributed by atoms with Gasteiger partial charge in [0.05, 0.1) is 6.04 Å². The summed E-state index contributed by atoms with van der Waals surface area (Å²) < 4.78 is 5.05. The molecule has 1 aromatic carbocycles. The minimum Gasteiger partial charge on any atom is -0.407 e. The van der Waals surface area contributed by atoms with Crippen molar-refractivity contribution >= 4 is 6.01 Å². The lowest BCUT2D eigenvalue weighted by atomic mass is 10.1. The van der Waals surface area contributed by atoms with Gasteiger partial charge in [0, 0.05) is 0 Å². The van der Waals surface area contributed by atoms with Crippen molar-refractivity contribution in [1.82, 2.24) is 10.2 Å². The molecule has 0 saturated carbocycles. The van der Waals surface area contributed by atoms with Crippen molar-refractivity contribution in [3.63, 3.8) is 0 Å². The van der Waals surface area contributed by atoms with Crippen LogP contribution in [0.4, 0.5) is 6.01 Å². The summed E-state index contributed by atoms with van der Waals surface area (Å²) in [6.07, 6.45) is 0.655. The van der Waals surface area contributed by atoms with E-state index in [9.17, 15) is 0 Å². The molecular formula is C10H12N4O. The van der Waals surface area contributed by atoms with Crippen LogP contribution in [0.25, 0.3) is 0 Å². The fraction of sp³-hybridized carbons (Fsp3) is 0.200. The van der Waals surface area contributed by atoms with Gasteiger partial charge in [-0.2, -0.15) is 0 Å². The van der Waals surface area contributed by atoms with Gasteiger partial charge in [0.25, 0.3) is 0 Å². The molecule has 2 rings (SSSR count). The normalized spacial score (nSPS) is 12.6. The predicted octanol–water partition coefficient (Wildman–Crippen LogP) is 0.894. The molecule has 1 heterocycles. The van der Waals surface area contributed by atoms with Crippen LogP contribution in [0.5, 0.6) is 0 Å². The molecule has 0 aliphatic carbocycles. The van der Waals surface area contributed by atoms with E-state index < -0.39 is 0 Å². The smallest absolute Gasteiger partial charge is 0.312 e. The minimum absolute atomic E-state index is 0.0495. The second kappa shape index (κ2) is 4.10. The van der Waals surface area contributed by atoms with Crippen molar-refractivity contribution in [2.45, 2.75) is 12.5 Å². The topological polar surface area (TPSA) is 91.0 Å². The van der Waals surface area contributed by atoms with Crippen LogP contribution in [0.1, 0.15) is 17.5 Å². The maximum Gasteiger partial charge on any atom is 0.312 e. The summed E-state index contributed by atoms with van der Waals surface area (Å²) in [7, 11) is 0. The first-order valence-corrected chi connectivity index (χ1v) is 4.64. The molecule has 4 N–H and O–H groups in total. The second-order valence-electron chi connectivity index (χ2n) is 3.27. The first kappa shape index (κ1) is 9.67. The average Bonchev–Trinajstić information content (AvgIpc) is 2.66. The maximum absolute atomic E-state index is 5.89. The highest BCUT2D eigenvalue weighted by molar-refractivity contribution is 5.17. The van der Waals surface area contributed by atoms with Gasteiger partial charge in [-0.3, -0.25) is 0 Å². The summed E-state index contributed by atoms with van der Waals surface area (Å²) in [6.45, 7) is 0. The summed E-state index contributed by atoms with van der Waals surface area (Å²) >= 11 is 0. The molecule has 2 aromatic rings. The van der Waals surface area contributed by atoms with Crippen LogP contribution in [-0.4, -0.2) is 10.2 Å². The SMILES string of the molecule is Nc1nnc(C(N)Cc2ccccc2)o1. The number of aromatic nitrogens is 2. The number of nitrogens with two attached hydrogens (primary N) is 2. The quantitative estimate of drug-likeness (QED) is 0.774. The first-order valence-electron chi connectivity index (χ1n) is 4.64. The molecule has 0 radical (unpaired) electrons. The Morgan fingerprint density at radius 3 is 2.53 bits per heavy atom. The van der Waals surface area contributed by atoms with Crippen LogP contribution in [0.15, 0.2) is 34.7 Å². The number of rotatable bonds is 3. The first-order chi connectivity index (χ1) is 7.25. The third-order valence-electron chi connectivity index (χ3n) is 2.07. The number of anilines is 1. The zero-order valence-electron chi connectivity index (χ0n) is 8.13. The van der Waals surface area contributed by atoms with Crippen LogP contribution in [0.3, 0.4) is 0 Å². The van der Waals surface area contributed by atoms with Crippen LogP contribution < -0.4 is 11.5 Å². The van der Waals surface area contributed by atoms with E-state index in [1.165, 1.54) is 0 Å². The van der Waals surface area contributed by atoms with E-state index >= 15 is 0 Å². The van der Waals surface area contributed by atoms with Gasteiger partial charge in [-0.05, 0) is 12.0 Å². The van der Waals surface area contributed by atoms with Crippen LogP contribution in [0.2, 0.25) is 0 Å². The molecule has 78 valence electrons. The van der Waals surface area contributed by atoms with Gasteiger partial charge < -0.3 is 15.9 Å². The zero-order chi connectivity index (χ0) is 10.7. The molecule has 1 atom stereocenters. The van der Waals surface area contributed by atoms with Crippen molar-refractivity contribution in [3.05, 3.63) is 41.8 Å². The van der Waals surface area contributed by atoms with Crippen molar-refractivity contribution < 1.29 is 4.42 Å². The Morgan fingerprint density at radius 2 is 1.93 bits per heavy atom. The Hall–Kier alpha value is -1.88. The Labute approximate surface area is 87.1 Å². The van der Waals surface area contributed by atoms with E-state index in [-0.39, 0.29) is 12.1 Å². The fourth-order valence-electron chi connectivity index (χ4n) is 1.35. The van der Waals surface area contributed by atoms with Gasteiger partial charge in [-0.25, -0.2) is 0 Å². The molecule has 0 bridgehead atoms. The third-order valence-corrected chi connectivity index (χ3v) is 2.07. The van der Waals surface area contributed by atoms with E-state index in [4.69, 9.17) is 15.9 Å². The molecule has 15 heavy (non-hydrogen) atoms. The van der Waals surface area contributed by atoms with E-state index in [1.54, 1.807) is 0 Å². The molecular weight excluding hydrogens is 192 g/mol. The van der Waals surface area contributed by atoms with Crippen molar-refractivity contribution in [2.24, 2.45) is 5.73 Å². The lowest BCUT2D eigenvalue weighted by Crippen LogP contribution is -2.13. The Bertz CT molecular complexity index is 426. The molecule has 5 nitrogen and oxygen atoms in total. The minimum atomic E-state index is -0.308. The predicted molar refractivity (Wildman–Crippen MR) is 55.8 cm³/mol. The summed E-state index contributed by atoms with van der Waals surface area (Å²) in [5.74, 6) is 0.372. The lowest BCUT2D eigenvalue weighted by molar-refractivity contribution is 0.460. The molecule has 0 aliphatic heterocycles. The standard InChI is InChI=1S/C10H12N4O/c11-8(9-13-14-10(12)15-9)6-7-4-2-1-3-5-7/h1-5,8H,6,11H2,(H2,12,14). The molecule has 5 heteroatoms. The molecule has 0 aliphatic rings. The summed E-state index contributed by atoms with van der Waals surface area (Å²) in [5.41, 5.74) is 12.3. The maximum atomic E-state index is 5.89. The summed E-state index contributed by atoms with van der Waals surface area (Å²) in [5, 5.41) is 7.31. The molecule has 0 spiro atoms. The number of benzene rings is 1. The highest BCUT2D eigenvalue weighted by Crippen LogP contribution is 2.15. The van der Waals surface area contributed by atoms with E-state index in [2.05, 4.69) is 10.2 Å². The van der Waals surface area contributed by atoms with Gasteiger partial charge >= 0.3 is 6.01 Å². The Kier molecular flexibility index (Phi) is 2.64. The van der Waals surface area contributed by atoms with Gasteiger partial charge in [-0.15, -0.1) is 5.10 Å². The number of hydrogen-bond donors (Lipinski definition) is 2. The largest absolute Gasteiger partial charge is 0.407 e. The Balaban J connectivity index is 2.07. The molecule has 0 amide bonds. The van der Waals surface area contributed by atoms with Crippen molar-refractivity contribution in [2.75, 3.05) is 5.73 Å². The highest BCUT2D eigenvalue weighted by atomic mass is 16.4. The number of hydrogen-bond acceptors (Lipinski definition) is 5. The lowest BCUT2D eigenvalue weighted by Gasteiger charge is -2.06. The summed E-state index contributed by atoms with van der Waals surface area (Å²) in [4.78, 5) is 0. The third kappa shape index (κ3) is 2.32. The number of nitrogen functional groups attached to an aromatic ring is 1. The van der Waals surface area contributed by atoms with Crippen LogP contribution in [0, 0.1) is 0 Å². The van der Waals surface area contributed by atoms with E-state index in [0.29, 0.717) is 12.3 Å². The van der Waals surface area contributed by atoms with E-state index in [0.717, 1.165) is 5.56 Å². The molecule has 0 saturated heterocycles. The molecule has 1 unspecified atom stereocenters. The van der Waals surface area contributed by atoms with Crippen LogP contribution in [-0.2, 0) is 6.42 Å². The Morgan fingerprint density at radius 1 is 1.20 bits per heavy atom. The highest BCUT2D eigenvalue weighted by Gasteiger charge is 2.13. The van der Waals surface area contributed by atoms with Gasteiger partial charge in [0.1, 0.15) is 0 Å². The molecule has 0 fully saturated rings. The monoisotopic (exact) mass is 204 g/mol. The van der Waals surface area contributed by atoms with E-state index in [1.807, 2.05) is 30.3 Å². The molecule has 1 aromatic heterocycles. The fourth-order valence-corrected chi connectivity index (χ4v) is 1.35. The number of nitrogens with zero attached hydrogens (tertiary/aromatic N) is 2. The average molecular weight is 204 g/mol. The van der Waals surface area contributed by atoms with Gasteiger partial charge in [-0.1, -0.05) is 35.4 Å². The second-order valence-corrected chi connectivity index (χ2v) is 3.27.